The average molecular weight is 923 g/mol. The monoisotopic (exact) mass is 922 g/mol. The predicted molar refractivity (Wildman–Crippen MR) is 203 cm³/mol. The van der Waals surface area contributed by atoms with Crippen LogP contribution in [0.5, 0.6) is 0 Å². The number of carbonyl (C=O) groups excluding carboxylic acids is 2. The molecule has 64 heavy (non-hydrogen) atoms. The van der Waals surface area contributed by atoms with E-state index < -0.39 is 104 Å². The zero-order valence-electron chi connectivity index (χ0n) is 33.8. The second kappa shape index (κ2) is 17.1. The molecule has 0 saturated heterocycles. The number of aliphatic hydroxyl groups excluding tert-OH is 2. The molecule has 2 amide bonds. The maximum atomic E-state index is 13.7. The first kappa shape index (κ1) is 50.0. The Hall–Kier alpha value is -4.98. The van der Waals surface area contributed by atoms with Crippen molar-refractivity contribution in [3.63, 3.8) is 0 Å². The molecule has 5 N–H and O–H groups in total. The summed E-state index contributed by atoms with van der Waals surface area (Å²) in [6.45, 7) is 3.13. The van der Waals surface area contributed by atoms with Crippen LogP contribution in [-0.4, -0.2) is 38.6 Å². The molecule has 2 aliphatic carbocycles. The molecule has 0 bridgehead atoms. The van der Waals surface area contributed by atoms with Crippen LogP contribution in [0.25, 0.3) is 33.4 Å². The van der Waals surface area contributed by atoms with Crippen molar-refractivity contribution in [1.82, 2.24) is 10.6 Å². The number of hydrogen-bond donors (Lipinski definition) is 4. The third-order valence-electron chi connectivity index (χ3n) is 11.7. The minimum absolute atomic E-state index is 0. The van der Waals surface area contributed by atoms with Crippen LogP contribution >= 0.6 is 0 Å². The van der Waals surface area contributed by atoms with E-state index in [1.165, 1.54) is 0 Å². The molecule has 8 rings (SSSR count). The first-order chi connectivity index (χ1) is 28.6. The van der Waals surface area contributed by atoms with E-state index in [4.69, 9.17) is 0 Å². The summed E-state index contributed by atoms with van der Waals surface area (Å²) in [5.74, 6) is -2.67. The van der Waals surface area contributed by atoms with E-state index in [9.17, 15) is 72.5 Å². The minimum atomic E-state index is -4.81. The van der Waals surface area contributed by atoms with Gasteiger partial charge in [-0.05, 0) is 122 Å². The Bertz CT molecular complexity index is 2350. The van der Waals surface area contributed by atoms with Gasteiger partial charge in [-0.15, -0.1) is 0 Å². The first-order valence-corrected chi connectivity index (χ1v) is 19.0. The van der Waals surface area contributed by atoms with Crippen molar-refractivity contribution in [1.29, 1.82) is 0 Å². The second-order valence-electron chi connectivity index (χ2n) is 16.0. The van der Waals surface area contributed by atoms with Crippen molar-refractivity contribution < 1.29 is 108 Å². The molecular weight excluding hydrogens is 887 g/mol. The van der Waals surface area contributed by atoms with Gasteiger partial charge in [-0.25, -0.2) is 0 Å². The normalized spacial score (nSPS) is 21.4. The van der Waals surface area contributed by atoms with Gasteiger partial charge in [-0.2, -0.15) is 52.7 Å². The van der Waals surface area contributed by atoms with Crippen LogP contribution in [0.2, 0.25) is 0 Å². The zero-order chi connectivity index (χ0) is 45.5. The van der Waals surface area contributed by atoms with Crippen LogP contribution in [0.4, 0.5) is 52.7 Å². The fraction of sp³-hybridized carbons (Fsp3) is 0.318. The average Bonchev–Trinajstić information content (AvgIpc) is 4.11. The molecule has 4 aromatic rings. The van der Waals surface area contributed by atoms with E-state index in [1.54, 1.807) is 13.8 Å². The number of halogens is 12. The van der Waals surface area contributed by atoms with Crippen LogP contribution in [0.15, 0.2) is 96.4 Å². The Balaban J connectivity index is 0.000000234. The first-order valence-electron chi connectivity index (χ1n) is 19.0. The van der Waals surface area contributed by atoms with Gasteiger partial charge in [0.2, 0.25) is 0 Å². The SMILES string of the molecule is CC1(C2CC2)NC(=O)C(c2cc(-c3ccc(C(F)(F)F)cc3)ccc2C(F)(F)F)=C1O.CC1(C2CC2)NC(=O)C(c2cc(-c3ccc(C(F)(F)F)cc3)ccc2C(F)(F)F)=C1O.[Na+].[OH-]. The smallest absolute Gasteiger partial charge is 0.870 e. The van der Waals surface area contributed by atoms with E-state index in [-0.39, 0.29) is 69.1 Å². The Morgan fingerprint density at radius 1 is 0.484 bits per heavy atom. The molecule has 2 heterocycles. The third-order valence-corrected chi connectivity index (χ3v) is 11.7. The summed E-state index contributed by atoms with van der Waals surface area (Å²) in [6.07, 6.45) is -15.8. The van der Waals surface area contributed by atoms with Gasteiger partial charge in [0.25, 0.3) is 11.8 Å². The fourth-order valence-electron chi connectivity index (χ4n) is 7.92. The number of benzene rings is 4. The van der Waals surface area contributed by atoms with Crippen molar-refractivity contribution >= 4 is 23.0 Å². The second-order valence-corrected chi connectivity index (χ2v) is 16.0. The summed E-state index contributed by atoms with van der Waals surface area (Å²) in [5.41, 5.74) is -7.37. The van der Waals surface area contributed by atoms with Crippen LogP contribution in [0, 0.1) is 11.8 Å². The fourth-order valence-corrected chi connectivity index (χ4v) is 7.92. The Labute approximate surface area is 378 Å². The van der Waals surface area contributed by atoms with Crippen molar-refractivity contribution in [3.05, 3.63) is 130 Å². The van der Waals surface area contributed by atoms with Crippen molar-refractivity contribution in [2.45, 2.75) is 75.3 Å². The molecule has 20 heteroatoms. The van der Waals surface area contributed by atoms with Gasteiger partial charge in [0.15, 0.2) is 0 Å². The minimum Gasteiger partial charge on any atom is -0.870 e. The van der Waals surface area contributed by atoms with Crippen LogP contribution in [0.3, 0.4) is 0 Å². The van der Waals surface area contributed by atoms with Crippen LogP contribution in [0.1, 0.15) is 72.9 Å². The topological polar surface area (TPSA) is 129 Å². The van der Waals surface area contributed by atoms with E-state index in [0.29, 0.717) is 0 Å². The Morgan fingerprint density at radius 2 is 0.766 bits per heavy atom. The van der Waals surface area contributed by atoms with Gasteiger partial charge in [0.1, 0.15) is 11.5 Å². The molecule has 2 atom stereocenters. The number of alkyl halides is 12. The third kappa shape index (κ3) is 9.53. The Morgan fingerprint density at radius 3 is 1.02 bits per heavy atom. The quantitative estimate of drug-likeness (QED) is 0.114. The molecular formula is C44H35F12N2NaO5. The standard InChI is InChI=1S/2C22H17F6NO2.Na.H2O/c2*1-20(13-7-8-13)18(30)17(19(31)29-20)15-10-12(4-9-16(15)22(26,27)28)11-2-5-14(6-3-11)21(23,24)25;;/h2*2-6,9-10,13,30H,7-8H2,1H3,(H,29,31);;1H2/q;;+1;/p-1. The van der Waals surface area contributed by atoms with E-state index in [1.807, 2.05) is 0 Å². The summed E-state index contributed by atoms with van der Waals surface area (Å²) in [6, 6.07) is 13.8. The van der Waals surface area contributed by atoms with E-state index in [2.05, 4.69) is 10.6 Å². The zero-order valence-corrected chi connectivity index (χ0v) is 35.8. The van der Waals surface area contributed by atoms with Gasteiger partial charge in [-0.3, -0.25) is 9.59 Å². The van der Waals surface area contributed by atoms with Crippen molar-refractivity contribution in [3.8, 4) is 22.3 Å². The molecule has 0 spiro atoms. The van der Waals surface area contributed by atoms with Crippen LogP contribution < -0.4 is 40.2 Å². The summed E-state index contributed by atoms with van der Waals surface area (Å²) < 4.78 is 159. The van der Waals surface area contributed by atoms with E-state index in [0.717, 1.165) is 111 Å². The summed E-state index contributed by atoms with van der Waals surface area (Å²) >= 11 is 0. The summed E-state index contributed by atoms with van der Waals surface area (Å²) in [5, 5.41) is 26.6. The predicted octanol–water partition coefficient (Wildman–Crippen LogP) is 8.74. The molecule has 4 aliphatic rings. The van der Waals surface area contributed by atoms with Gasteiger partial charge in [-0.1, -0.05) is 36.4 Å². The van der Waals surface area contributed by atoms with Crippen molar-refractivity contribution in [2.75, 3.05) is 0 Å². The molecule has 2 saturated carbocycles. The molecule has 4 aromatic carbocycles. The maximum Gasteiger partial charge on any atom is 1.00 e. The molecule has 7 nitrogen and oxygen atoms in total. The molecule has 2 unspecified atom stereocenters. The van der Waals surface area contributed by atoms with Gasteiger partial charge < -0.3 is 26.3 Å². The van der Waals surface area contributed by atoms with Crippen molar-refractivity contribution in [2.24, 2.45) is 11.8 Å². The molecule has 336 valence electrons. The maximum absolute atomic E-state index is 13.7. The molecule has 0 aromatic heterocycles. The number of aliphatic hydroxyl groups is 2. The Kier molecular flexibility index (Phi) is 13.4. The summed E-state index contributed by atoms with van der Waals surface area (Å²) in [7, 11) is 0. The van der Waals surface area contributed by atoms with Gasteiger partial charge in [0.05, 0.1) is 44.5 Å². The van der Waals surface area contributed by atoms with Gasteiger partial charge >= 0.3 is 54.3 Å². The summed E-state index contributed by atoms with van der Waals surface area (Å²) in [4.78, 5) is 25.2. The number of amides is 2. The van der Waals surface area contributed by atoms with Gasteiger partial charge in [0, 0.05) is 11.1 Å². The number of hydrogen-bond acceptors (Lipinski definition) is 5. The molecule has 0 radical (unpaired) electrons. The van der Waals surface area contributed by atoms with E-state index >= 15 is 0 Å². The largest absolute Gasteiger partial charge is 1.00 e. The van der Waals surface area contributed by atoms with Crippen LogP contribution in [-0.2, 0) is 34.3 Å². The number of rotatable bonds is 6. The number of nitrogens with one attached hydrogen (secondary N) is 2. The molecule has 2 fully saturated rings. The molecule has 2 aliphatic heterocycles. The number of carbonyl (C=O) groups is 2.